The molecule has 0 aliphatic rings. The summed E-state index contributed by atoms with van der Waals surface area (Å²) in [6, 6.07) is 13.9. The van der Waals surface area contributed by atoms with Crippen LogP contribution in [0, 0.1) is 0 Å². The lowest BCUT2D eigenvalue weighted by atomic mass is 10.0. The Morgan fingerprint density at radius 1 is 0.722 bits per heavy atom. The van der Waals surface area contributed by atoms with Gasteiger partial charge in [-0.15, -0.1) is 0 Å². The van der Waals surface area contributed by atoms with Crippen LogP contribution in [0.15, 0.2) is 48.5 Å². The van der Waals surface area contributed by atoms with Crippen LogP contribution in [0.1, 0.15) is 0 Å². The molecule has 0 spiro atoms. The van der Waals surface area contributed by atoms with Crippen molar-refractivity contribution in [2.45, 2.75) is 0 Å². The first-order valence-electron chi connectivity index (χ1n) is 4.92. The fourth-order valence-corrected chi connectivity index (χ4v) is 1.40. The number of hydrogen-bond acceptors (Lipinski definition) is 4. The Kier molecular flexibility index (Phi) is 5.89. The lowest BCUT2D eigenvalue weighted by Crippen LogP contribution is -1.79. The molecule has 0 aliphatic heterocycles. The van der Waals surface area contributed by atoms with Gasteiger partial charge in [0, 0.05) is 11.1 Å². The number of benzene rings is 2. The van der Waals surface area contributed by atoms with Crippen LogP contribution in [0.5, 0.6) is 11.5 Å². The average molecular weight is 287 g/mol. The van der Waals surface area contributed by atoms with Gasteiger partial charge in [0.15, 0.2) is 0 Å². The molecule has 0 amide bonds. The van der Waals surface area contributed by atoms with Crippen LogP contribution in [0.2, 0.25) is 0 Å². The summed E-state index contributed by atoms with van der Waals surface area (Å²) in [5.41, 5.74) is 1.29. The molecule has 0 bridgehead atoms. The number of halogens is 1. The monoisotopic (exact) mass is 286 g/mol. The molecular formula is C12H12ClO4P. The second-order valence-corrected chi connectivity index (χ2v) is 4.66. The summed E-state index contributed by atoms with van der Waals surface area (Å²) in [5, 5.41) is 19.2. The molecule has 0 fully saturated rings. The molecule has 0 unspecified atom stereocenters. The Labute approximate surface area is 110 Å². The Morgan fingerprint density at radius 3 is 1.28 bits per heavy atom. The summed E-state index contributed by atoms with van der Waals surface area (Å²) in [6.45, 7) is 0. The van der Waals surface area contributed by atoms with Crippen LogP contribution in [0.3, 0.4) is 0 Å². The summed E-state index contributed by atoms with van der Waals surface area (Å²) in [6.07, 6.45) is 0. The van der Waals surface area contributed by atoms with Crippen molar-refractivity contribution in [2.24, 2.45) is 0 Å². The first-order chi connectivity index (χ1) is 8.52. The Morgan fingerprint density at radius 2 is 1.00 bits per heavy atom. The zero-order valence-corrected chi connectivity index (χ0v) is 10.9. The van der Waals surface area contributed by atoms with E-state index >= 15 is 0 Å². The van der Waals surface area contributed by atoms with Crippen molar-refractivity contribution in [3.8, 4) is 22.6 Å². The van der Waals surface area contributed by atoms with Crippen molar-refractivity contribution in [3.05, 3.63) is 48.5 Å². The van der Waals surface area contributed by atoms with E-state index in [4.69, 9.17) is 9.79 Å². The maximum Gasteiger partial charge on any atom is 0.271 e. The molecule has 2 aromatic carbocycles. The van der Waals surface area contributed by atoms with E-state index in [-0.39, 0.29) is 11.5 Å². The molecule has 2 aromatic rings. The molecule has 0 saturated heterocycles. The molecular weight excluding hydrogens is 275 g/mol. The lowest BCUT2D eigenvalue weighted by Gasteiger charge is -2.05. The maximum absolute atomic E-state index is 9.58. The van der Waals surface area contributed by atoms with Gasteiger partial charge in [0.1, 0.15) is 11.5 Å². The predicted octanol–water partition coefficient (Wildman–Crippen LogP) is 3.20. The van der Waals surface area contributed by atoms with Gasteiger partial charge in [0.2, 0.25) is 0 Å². The second kappa shape index (κ2) is 7.19. The smallest absolute Gasteiger partial charge is 0.271 e. The molecule has 0 saturated carbocycles. The van der Waals surface area contributed by atoms with Crippen molar-refractivity contribution < 1.29 is 20.0 Å². The first-order valence-corrected chi connectivity index (χ1v) is 7.07. The van der Waals surface area contributed by atoms with Gasteiger partial charge >= 0.3 is 0 Å². The van der Waals surface area contributed by atoms with E-state index in [0.29, 0.717) is 11.1 Å². The van der Waals surface area contributed by atoms with Crippen LogP contribution in [-0.4, -0.2) is 20.0 Å². The van der Waals surface area contributed by atoms with E-state index in [2.05, 4.69) is 11.2 Å². The average Bonchev–Trinajstić information content (AvgIpc) is 2.30. The third kappa shape index (κ3) is 4.51. The highest BCUT2D eigenvalue weighted by molar-refractivity contribution is 7.74. The van der Waals surface area contributed by atoms with E-state index in [1.54, 1.807) is 36.4 Å². The largest absolute Gasteiger partial charge is 0.507 e. The molecule has 0 atom stereocenters. The molecule has 0 aliphatic carbocycles. The zero-order valence-electron chi connectivity index (χ0n) is 9.23. The zero-order chi connectivity index (χ0) is 13.5. The van der Waals surface area contributed by atoms with Crippen LogP contribution < -0.4 is 0 Å². The van der Waals surface area contributed by atoms with Gasteiger partial charge in [-0.2, -0.15) is 0 Å². The number of para-hydroxylation sites is 2. The number of hydrogen-bond donors (Lipinski definition) is 4. The molecule has 4 nitrogen and oxygen atoms in total. The standard InChI is InChI=1S/C12H10O2.ClH2O2P/c13-11-7-3-1-5-9(11)10-6-2-4-8-12(10)14;1-4(2)3/h1-8,13-14H;2-3H. The molecule has 4 N–H and O–H groups in total. The first kappa shape index (κ1) is 14.7. The van der Waals surface area contributed by atoms with Crippen LogP contribution >= 0.6 is 19.0 Å². The normalized spacial score (nSPS) is 9.78. The van der Waals surface area contributed by atoms with E-state index in [1.807, 2.05) is 12.1 Å². The maximum atomic E-state index is 9.58. The molecule has 18 heavy (non-hydrogen) atoms. The van der Waals surface area contributed by atoms with Crippen molar-refractivity contribution >= 4 is 19.0 Å². The summed E-state index contributed by atoms with van der Waals surface area (Å²) >= 11 is 4.45. The summed E-state index contributed by atoms with van der Waals surface area (Å²) in [4.78, 5) is 14.9. The molecule has 96 valence electrons. The number of phenols is 2. The third-order valence-electron chi connectivity index (χ3n) is 2.10. The number of rotatable bonds is 1. The van der Waals surface area contributed by atoms with Crippen LogP contribution in [0.25, 0.3) is 11.1 Å². The Bertz CT molecular complexity index is 459. The minimum Gasteiger partial charge on any atom is -0.507 e. The molecule has 2 rings (SSSR count). The van der Waals surface area contributed by atoms with Gasteiger partial charge in [-0.1, -0.05) is 36.4 Å². The van der Waals surface area contributed by atoms with E-state index in [0.717, 1.165) is 0 Å². The highest BCUT2D eigenvalue weighted by Gasteiger charge is 2.06. The van der Waals surface area contributed by atoms with Crippen molar-refractivity contribution in [2.75, 3.05) is 0 Å². The fourth-order valence-electron chi connectivity index (χ4n) is 1.40. The highest BCUT2D eigenvalue weighted by atomic mass is 35.7. The van der Waals surface area contributed by atoms with Gasteiger partial charge in [0.25, 0.3) is 7.73 Å². The Hall–Kier alpha value is -1.32. The van der Waals surface area contributed by atoms with Gasteiger partial charge < -0.3 is 20.0 Å². The molecule has 0 aromatic heterocycles. The van der Waals surface area contributed by atoms with Gasteiger partial charge in [-0.05, 0) is 23.4 Å². The quantitative estimate of drug-likeness (QED) is 0.607. The van der Waals surface area contributed by atoms with Gasteiger partial charge in [-0.25, -0.2) is 0 Å². The number of aromatic hydroxyl groups is 2. The highest BCUT2D eigenvalue weighted by Crippen LogP contribution is 2.34. The van der Waals surface area contributed by atoms with Crippen LogP contribution in [0.4, 0.5) is 0 Å². The Balaban J connectivity index is 0.000000357. The second-order valence-electron chi connectivity index (χ2n) is 3.27. The molecule has 0 radical (unpaired) electrons. The van der Waals surface area contributed by atoms with E-state index in [9.17, 15) is 10.2 Å². The van der Waals surface area contributed by atoms with Gasteiger partial charge in [-0.3, -0.25) is 0 Å². The molecule has 6 heteroatoms. The van der Waals surface area contributed by atoms with E-state index in [1.165, 1.54) is 0 Å². The lowest BCUT2D eigenvalue weighted by molar-refractivity contribution is 0.469. The summed E-state index contributed by atoms with van der Waals surface area (Å²) in [7, 11) is -2.15. The van der Waals surface area contributed by atoms with Gasteiger partial charge in [0.05, 0.1) is 0 Å². The SMILES string of the molecule is OP(O)Cl.Oc1ccccc1-c1ccccc1O. The van der Waals surface area contributed by atoms with Crippen molar-refractivity contribution in [3.63, 3.8) is 0 Å². The predicted molar refractivity (Wildman–Crippen MR) is 72.4 cm³/mol. The topological polar surface area (TPSA) is 80.9 Å². The minimum atomic E-state index is -2.15. The third-order valence-corrected chi connectivity index (χ3v) is 2.10. The molecule has 0 heterocycles. The fraction of sp³-hybridized carbons (Fsp3) is 0. The summed E-state index contributed by atoms with van der Waals surface area (Å²) in [5.74, 6) is 0.350. The summed E-state index contributed by atoms with van der Waals surface area (Å²) < 4.78 is 0. The minimum absolute atomic E-state index is 0.175. The van der Waals surface area contributed by atoms with E-state index < -0.39 is 7.73 Å². The van der Waals surface area contributed by atoms with Crippen molar-refractivity contribution in [1.29, 1.82) is 0 Å². The van der Waals surface area contributed by atoms with Crippen LogP contribution in [-0.2, 0) is 0 Å². The number of phenolic OH excluding ortho intramolecular Hbond substituents is 2. The van der Waals surface area contributed by atoms with Crippen molar-refractivity contribution in [1.82, 2.24) is 0 Å².